The summed E-state index contributed by atoms with van der Waals surface area (Å²) in [5.74, 6) is 1.41. The largest absolute Gasteiger partial charge is 0.493 e. The molecular formula is C26H29F2N3O3S. The van der Waals surface area contributed by atoms with Gasteiger partial charge in [-0.2, -0.15) is 21.4 Å². The number of hydrogen-bond donors (Lipinski definition) is 2. The lowest BCUT2D eigenvalue weighted by molar-refractivity contribution is -0.0512. The van der Waals surface area contributed by atoms with E-state index in [4.69, 9.17) is 4.74 Å². The summed E-state index contributed by atoms with van der Waals surface area (Å²) in [5, 5.41) is 0. The number of nitrogens with one attached hydrogen (secondary N) is 1. The second-order valence-corrected chi connectivity index (χ2v) is 8.50. The number of aliphatic imine (C=N–C) groups is 1. The SMILES string of the molecule is C=Nc1c(CC(CS)CCCc2ccccc2)nc(Cc2ccc(OC(F)F)c(OC)c2)[nH]c1=O. The molecule has 1 atom stereocenters. The first-order valence-corrected chi connectivity index (χ1v) is 11.9. The van der Waals surface area contributed by atoms with Gasteiger partial charge in [0, 0.05) is 6.42 Å². The number of aryl methyl sites for hydroxylation is 1. The molecule has 0 aliphatic heterocycles. The normalized spacial score (nSPS) is 11.9. The lowest BCUT2D eigenvalue weighted by atomic mass is 9.96. The van der Waals surface area contributed by atoms with E-state index in [9.17, 15) is 13.6 Å². The molecule has 3 aromatic rings. The molecular weight excluding hydrogens is 472 g/mol. The number of methoxy groups -OCH3 is 1. The zero-order chi connectivity index (χ0) is 25.2. The molecule has 0 fully saturated rings. The monoisotopic (exact) mass is 501 g/mol. The van der Waals surface area contributed by atoms with Gasteiger partial charge in [-0.3, -0.25) is 9.79 Å². The third-order valence-electron chi connectivity index (χ3n) is 5.65. The average Bonchev–Trinajstić information content (AvgIpc) is 2.84. The Morgan fingerprint density at radius 2 is 1.91 bits per heavy atom. The fourth-order valence-corrected chi connectivity index (χ4v) is 4.25. The molecule has 6 nitrogen and oxygen atoms in total. The molecule has 0 spiro atoms. The van der Waals surface area contributed by atoms with E-state index in [1.165, 1.54) is 18.7 Å². The van der Waals surface area contributed by atoms with Gasteiger partial charge in [0.2, 0.25) is 0 Å². The van der Waals surface area contributed by atoms with E-state index in [1.807, 2.05) is 18.2 Å². The van der Waals surface area contributed by atoms with Gasteiger partial charge in [-0.25, -0.2) is 4.98 Å². The molecule has 0 saturated heterocycles. The van der Waals surface area contributed by atoms with Crippen molar-refractivity contribution in [2.75, 3.05) is 12.9 Å². The second-order valence-electron chi connectivity index (χ2n) is 8.14. The molecule has 0 aliphatic carbocycles. The molecule has 0 bridgehead atoms. The molecule has 1 aromatic heterocycles. The number of benzene rings is 2. The van der Waals surface area contributed by atoms with E-state index in [0.29, 0.717) is 29.3 Å². The zero-order valence-electron chi connectivity index (χ0n) is 19.5. The minimum absolute atomic E-state index is 0.0632. The zero-order valence-corrected chi connectivity index (χ0v) is 20.4. The molecule has 9 heteroatoms. The molecule has 0 amide bonds. The quantitative estimate of drug-likeness (QED) is 0.242. The lowest BCUT2D eigenvalue weighted by Crippen LogP contribution is -2.18. The highest BCUT2D eigenvalue weighted by Gasteiger charge is 2.17. The Kier molecular flexibility index (Phi) is 9.84. The fourth-order valence-electron chi connectivity index (χ4n) is 3.93. The summed E-state index contributed by atoms with van der Waals surface area (Å²) in [4.78, 5) is 24.0. The van der Waals surface area contributed by atoms with Crippen molar-refractivity contribution < 1.29 is 18.3 Å². The third-order valence-corrected chi connectivity index (χ3v) is 6.17. The van der Waals surface area contributed by atoms with Crippen LogP contribution in [0.4, 0.5) is 14.5 Å². The lowest BCUT2D eigenvalue weighted by Gasteiger charge is -2.16. The number of nitrogens with zero attached hydrogens (tertiary/aromatic N) is 2. The van der Waals surface area contributed by atoms with Gasteiger partial charge in [0.15, 0.2) is 11.5 Å². The van der Waals surface area contributed by atoms with E-state index < -0.39 is 6.61 Å². The minimum Gasteiger partial charge on any atom is -0.493 e. The van der Waals surface area contributed by atoms with Crippen LogP contribution in [0.25, 0.3) is 0 Å². The van der Waals surface area contributed by atoms with Crippen molar-refractivity contribution in [1.82, 2.24) is 9.97 Å². The van der Waals surface area contributed by atoms with Crippen LogP contribution in [-0.4, -0.2) is 36.2 Å². The van der Waals surface area contributed by atoms with E-state index in [0.717, 1.165) is 19.3 Å². The van der Waals surface area contributed by atoms with Crippen LogP contribution in [0.1, 0.15) is 35.5 Å². The van der Waals surface area contributed by atoms with Gasteiger partial charge in [-0.1, -0.05) is 36.4 Å². The summed E-state index contributed by atoms with van der Waals surface area (Å²) in [7, 11) is 1.37. The topological polar surface area (TPSA) is 76.6 Å². The van der Waals surface area contributed by atoms with Crippen molar-refractivity contribution in [2.24, 2.45) is 10.9 Å². The molecule has 35 heavy (non-hydrogen) atoms. The first-order chi connectivity index (χ1) is 16.9. The first kappa shape index (κ1) is 26.4. The Morgan fingerprint density at radius 1 is 1.14 bits per heavy atom. The van der Waals surface area contributed by atoms with Crippen LogP contribution in [0, 0.1) is 5.92 Å². The van der Waals surface area contributed by atoms with Gasteiger partial charge in [0.25, 0.3) is 5.56 Å². The van der Waals surface area contributed by atoms with Crippen LogP contribution in [0.5, 0.6) is 11.5 Å². The van der Waals surface area contributed by atoms with Gasteiger partial charge in [-0.05, 0) is 67.3 Å². The predicted octanol–water partition coefficient (Wildman–Crippen LogP) is 5.41. The molecule has 186 valence electrons. The number of aromatic nitrogens is 2. The van der Waals surface area contributed by atoms with E-state index in [1.54, 1.807) is 12.1 Å². The minimum atomic E-state index is -2.96. The van der Waals surface area contributed by atoms with Gasteiger partial charge < -0.3 is 14.5 Å². The Hall–Kier alpha value is -3.20. The van der Waals surface area contributed by atoms with Crippen molar-refractivity contribution in [3.63, 3.8) is 0 Å². The molecule has 3 rings (SSSR count). The van der Waals surface area contributed by atoms with Crippen LogP contribution in [-0.2, 0) is 19.3 Å². The van der Waals surface area contributed by atoms with Crippen LogP contribution in [0.3, 0.4) is 0 Å². The molecule has 0 radical (unpaired) electrons. The maximum absolute atomic E-state index is 12.7. The van der Waals surface area contributed by atoms with E-state index in [2.05, 4.69) is 51.2 Å². The second kappa shape index (κ2) is 13.0. The summed E-state index contributed by atoms with van der Waals surface area (Å²) >= 11 is 4.52. The van der Waals surface area contributed by atoms with Crippen molar-refractivity contribution >= 4 is 25.0 Å². The number of alkyl halides is 2. The average molecular weight is 502 g/mol. The van der Waals surface area contributed by atoms with Gasteiger partial charge in [-0.15, -0.1) is 0 Å². The highest BCUT2D eigenvalue weighted by molar-refractivity contribution is 7.80. The molecule has 1 heterocycles. The Bertz CT molecular complexity index is 1170. The number of thiol groups is 1. The smallest absolute Gasteiger partial charge is 0.387 e. The standard InChI is InChI=1S/C26H29F2N3O3S/c1-29-24-20(13-19(16-35)10-6-9-17-7-4-3-5-8-17)30-23(31-25(24)32)15-18-11-12-21(34-26(27)28)22(14-18)33-2/h3-5,7-8,11-12,14,19,26,35H,1,6,9-10,13,15-16H2,2H3,(H,30,31,32). The molecule has 0 saturated carbocycles. The third kappa shape index (κ3) is 7.65. The van der Waals surface area contributed by atoms with Crippen molar-refractivity contribution in [2.45, 2.75) is 38.7 Å². The van der Waals surface area contributed by atoms with Gasteiger partial charge >= 0.3 is 6.61 Å². The predicted molar refractivity (Wildman–Crippen MR) is 137 cm³/mol. The number of aromatic amines is 1. The van der Waals surface area contributed by atoms with Crippen molar-refractivity contribution in [3.8, 4) is 11.5 Å². The Balaban J connectivity index is 1.75. The number of ether oxygens (including phenoxy) is 2. The summed E-state index contributed by atoms with van der Waals surface area (Å²) < 4.78 is 34.8. The molecule has 1 unspecified atom stereocenters. The van der Waals surface area contributed by atoms with E-state index in [-0.39, 0.29) is 35.1 Å². The summed E-state index contributed by atoms with van der Waals surface area (Å²) in [5.41, 5.74) is 2.41. The Labute approximate surface area is 208 Å². The number of H-pyrrole nitrogens is 1. The Morgan fingerprint density at radius 3 is 2.57 bits per heavy atom. The summed E-state index contributed by atoms with van der Waals surface area (Å²) in [6.07, 6.45) is 3.72. The number of halogens is 2. The molecule has 2 aromatic carbocycles. The maximum atomic E-state index is 12.7. The van der Waals surface area contributed by atoms with Crippen LogP contribution in [0.15, 0.2) is 58.3 Å². The number of hydrogen-bond acceptors (Lipinski definition) is 6. The highest BCUT2D eigenvalue weighted by atomic mass is 32.1. The van der Waals surface area contributed by atoms with Crippen LogP contribution < -0.4 is 15.0 Å². The van der Waals surface area contributed by atoms with Gasteiger partial charge in [0.1, 0.15) is 11.5 Å². The first-order valence-electron chi connectivity index (χ1n) is 11.3. The molecule has 1 N–H and O–H groups in total. The highest BCUT2D eigenvalue weighted by Crippen LogP contribution is 2.30. The van der Waals surface area contributed by atoms with Crippen LogP contribution in [0.2, 0.25) is 0 Å². The fraction of sp³-hybridized carbons (Fsp3) is 0.346. The van der Waals surface area contributed by atoms with Gasteiger partial charge in [0.05, 0.1) is 12.8 Å². The van der Waals surface area contributed by atoms with Crippen LogP contribution >= 0.6 is 12.6 Å². The number of rotatable bonds is 13. The summed E-state index contributed by atoms with van der Waals surface area (Å²) in [6.45, 7) is 0.579. The van der Waals surface area contributed by atoms with Crippen molar-refractivity contribution in [1.29, 1.82) is 0 Å². The molecule has 0 aliphatic rings. The maximum Gasteiger partial charge on any atom is 0.387 e. The van der Waals surface area contributed by atoms with Crippen molar-refractivity contribution in [3.05, 3.63) is 81.5 Å². The summed E-state index contributed by atoms with van der Waals surface area (Å²) in [6, 6.07) is 14.9. The van der Waals surface area contributed by atoms with E-state index >= 15 is 0 Å².